The summed E-state index contributed by atoms with van der Waals surface area (Å²) >= 11 is 1.39. The average Bonchev–Trinajstić information content (AvgIpc) is 3.16. The molecular formula is C24H30N4O2S. The number of aryl methyl sites for hydroxylation is 2. The molecule has 1 N–H and O–H groups in total. The van der Waals surface area contributed by atoms with Crippen molar-refractivity contribution in [3.05, 3.63) is 53.6 Å². The third-order valence-electron chi connectivity index (χ3n) is 4.73. The standard InChI is InChI=1S/C24H30N4O2S/c1-6-28-23(19-9-11-20(12-10-19)30-14-16(2)3)26-27-24(28)31-15-22(29)25-21-13-17(4)7-8-18(21)5/h7-13,16H,6,14-15H2,1-5H3,(H,25,29). The van der Waals surface area contributed by atoms with E-state index in [9.17, 15) is 4.79 Å². The molecule has 6 nitrogen and oxygen atoms in total. The lowest BCUT2D eigenvalue weighted by atomic mass is 10.1. The number of rotatable bonds is 9. The zero-order chi connectivity index (χ0) is 22.4. The van der Waals surface area contributed by atoms with E-state index in [1.807, 2.05) is 67.8 Å². The van der Waals surface area contributed by atoms with E-state index < -0.39 is 0 Å². The summed E-state index contributed by atoms with van der Waals surface area (Å²) in [5.41, 5.74) is 3.98. The summed E-state index contributed by atoms with van der Waals surface area (Å²) in [6, 6.07) is 13.9. The number of hydrogen-bond acceptors (Lipinski definition) is 5. The van der Waals surface area contributed by atoms with Crippen molar-refractivity contribution >= 4 is 23.4 Å². The first-order valence-electron chi connectivity index (χ1n) is 10.5. The first kappa shape index (κ1) is 22.9. The van der Waals surface area contributed by atoms with Crippen molar-refractivity contribution < 1.29 is 9.53 Å². The molecule has 0 aliphatic carbocycles. The molecule has 1 aromatic heterocycles. The number of carbonyl (C=O) groups is 1. The lowest BCUT2D eigenvalue weighted by Gasteiger charge is -2.11. The predicted octanol–water partition coefficient (Wildman–Crippen LogP) is 5.35. The largest absolute Gasteiger partial charge is 0.493 e. The molecule has 3 aromatic rings. The van der Waals surface area contributed by atoms with Gasteiger partial charge in [0, 0.05) is 17.8 Å². The van der Waals surface area contributed by atoms with Crippen molar-refractivity contribution in [2.24, 2.45) is 5.92 Å². The molecule has 31 heavy (non-hydrogen) atoms. The summed E-state index contributed by atoms with van der Waals surface area (Å²) in [5, 5.41) is 12.4. The molecule has 2 aromatic carbocycles. The van der Waals surface area contributed by atoms with Crippen LogP contribution in [0.2, 0.25) is 0 Å². The monoisotopic (exact) mass is 438 g/mol. The number of ether oxygens (including phenoxy) is 1. The smallest absolute Gasteiger partial charge is 0.234 e. The van der Waals surface area contributed by atoms with E-state index >= 15 is 0 Å². The Morgan fingerprint density at radius 2 is 1.87 bits per heavy atom. The number of thioether (sulfide) groups is 1. The van der Waals surface area contributed by atoms with Crippen molar-refractivity contribution in [2.75, 3.05) is 17.7 Å². The van der Waals surface area contributed by atoms with Crippen molar-refractivity contribution in [3.63, 3.8) is 0 Å². The van der Waals surface area contributed by atoms with Crippen LogP contribution in [0.4, 0.5) is 5.69 Å². The summed E-state index contributed by atoms with van der Waals surface area (Å²) < 4.78 is 7.79. The lowest BCUT2D eigenvalue weighted by Crippen LogP contribution is -2.15. The van der Waals surface area contributed by atoms with Gasteiger partial charge in [0.05, 0.1) is 12.4 Å². The van der Waals surface area contributed by atoms with Gasteiger partial charge in [0.25, 0.3) is 0 Å². The molecule has 3 rings (SSSR count). The quantitative estimate of drug-likeness (QED) is 0.456. The van der Waals surface area contributed by atoms with Gasteiger partial charge in [-0.25, -0.2) is 0 Å². The van der Waals surface area contributed by atoms with Gasteiger partial charge in [-0.3, -0.25) is 4.79 Å². The minimum Gasteiger partial charge on any atom is -0.493 e. The first-order valence-corrected chi connectivity index (χ1v) is 11.5. The maximum Gasteiger partial charge on any atom is 0.234 e. The molecule has 1 amide bonds. The second kappa shape index (κ2) is 10.5. The van der Waals surface area contributed by atoms with Crippen LogP contribution in [0, 0.1) is 19.8 Å². The number of amides is 1. The third kappa shape index (κ3) is 6.10. The van der Waals surface area contributed by atoms with Gasteiger partial charge in [-0.1, -0.05) is 37.7 Å². The van der Waals surface area contributed by atoms with E-state index in [0.29, 0.717) is 12.5 Å². The number of hydrogen-bond donors (Lipinski definition) is 1. The van der Waals surface area contributed by atoms with Crippen molar-refractivity contribution in [1.29, 1.82) is 0 Å². The molecule has 0 aliphatic heterocycles. The molecule has 1 heterocycles. The van der Waals surface area contributed by atoms with E-state index in [1.54, 1.807) is 0 Å². The second-order valence-corrected chi connectivity index (χ2v) is 8.88. The van der Waals surface area contributed by atoms with Gasteiger partial charge in [0.2, 0.25) is 5.91 Å². The van der Waals surface area contributed by atoms with Crippen LogP contribution in [0.5, 0.6) is 5.75 Å². The maximum atomic E-state index is 12.5. The van der Waals surface area contributed by atoms with E-state index in [-0.39, 0.29) is 11.7 Å². The number of carbonyl (C=O) groups excluding carboxylic acids is 1. The number of nitrogens with one attached hydrogen (secondary N) is 1. The molecule has 0 spiro atoms. The summed E-state index contributed by atoms with van der Waals surface area (Å²) in [5.74, 6) is 2.33. The molecule has 0 saturated heterocycles. The van der Waals surface area contributed by atoms with Crippen molar-refractivity contribution in [1.82, 2.24) is 14.8 Å². The average molecular weight is 439 g/mol. The van der Waals surface area contributed by atoms with Gasteiger partial charge >= 0.3 is 0 Å². The van der Waals surface area contributed by atoms with Crippen LogP contribution in [0.15, 0.2) is 47.6 Å². The van der Waals surface area contributed by atoms with E-state index in [4.69, 9.17) is 4.74 Å². The molecule has 0 saturated carbocycles. The van der Waals surface area contributed by atoms with E-state index in [1.165, 1.54) is 11.8 Å². The molecule has 0 aliphatic rings. The number of aromatic nitrogens is 3. The lowest BCUT2D eigenvalue weighted by molar-refractivity contribution is -0.113. The molecule has 0 bridgehead atoms. The SMILES string of the molecule is CCn1c(SCC(=O)Nc2cc(C)ccc2C)nnc1-c1ccc(OCC(C)C)cc1. The highest BCUT2D eigenvalue weighted by atomic mass is 32.2. The highest BCUT2D eigenvalue weighted by molar-refractivity contribution is 7.99. The second-order valence-electron chi connectivity index (χ2n) is 7.93. The Labute approximate surface area is 188 Å². The molecule has 0 radical (unpaired) electrons. The fraction of sp³-hybridized carbons (Fsp3) is 0.375. The van der Waals surface area contributed by atoms with Gasteiger partial charge < -0.3 is 14.6 Å². The molecule has 0 unspecified atom stereocenters. The van der Waals surface area contributed by atoms with Crippen molar-refractivity contribution in [2.45, 2.75) is 46.3 Å². The van der Waals surface area contributed by atoms with Crippen LogP contribution in [0.3, 0.4) is 0 Å². The molecule has 0 fully saturated rings. The zero-order valence-electron chi connectivity index (χ0n) is 18.8. The predicted molar refractivity (Wildman–Crippen MR) is 127 cm³/mol. The van der Waals surface area contributed by atoms with Crippen LogP contribution in [-0.4, -0.2) is 33.0 Å². The highest BCUT2D eigenvalue weighted by Gasteiger charge is 2.15. The molecule has 0 atom stereocenters. The molecular weight excluding hydrogens is 408 g/mol. The zero-order valence-corrected chi connectivity index (χ0v) is 19.6. The summed E-state index contributed by atoms with van der Waals surface area (Å²) in [7, 11) is 0. The fourth-order valence-corrected chi connectivity index (χ4v) is 3.85. The van der Waals surface area contributed by atoms with Gasteiger partial charge in [-0.15, -0.1) is 10.2 Å². The summed E-state index contributed by atoms with van der Waals surface area (Å²) in [6.07, 6.45) is 0. The van der Waals surface area contributed by atoms with Crippen LogP contribution in [-0.2, 0) is 11.3 Å². The Bertz CT molecular complexity index is 1030. The van der Waals surface area contributed by atoms with Crippen LogP contribution in [0.25, 0.3) is 11.4 Å². The van der Waals surface area contributed by atoms with Crippen LogP contribution in [0.1, 0.15) is 31.9 Å². The number of benzene rings is 2. The van der Waals surface area contributed by atoms with E-state index in [2.05, 4.69) is 29.4 Å². The summed E-state index contributed by atoms with van der Waals surface area (Å²) in [6.45, 7) is 11.7. The Kier molecular flexibility index (Phi) is 7.74. The Morgan fingerprint density at radius 1 is 1.13 bits per heavy atom. The topological polar surface area (TPSA) is 69.0 Å². The minimum atomic E-state index is -0.0578. The minimum absolute atomic E-state index is 0.0578. The Balaban J connectivity index is 1.66. The molecule has 164 valence electrons. The highest BCUT2D eigenvalue weighted by Crippen LogP contribution is 2.26. The van der Waals surface area contributed by atoms with Crippen LogP contribution < -0.4 is 10.1 Å². The summed E-state index contributed by atoms with van der Waals surface area (Å²) in [4.78, 5) is 12.5. The third-order valence-corrected chi connectivity index (χ3v) is 5.70. The first-order chi connectivity index (χ1) is 14.9. The number of anilines is 1. The van der Waals surface area contributed by atoms with E-state index in [0.717, 1.165) is 45.7 Å². The van der Waals surface area contributed by atoms with Gasteiger partial charge in [0.1, 0.15) is 5.75 Å². The fourth-order valence-electron chi connectivity index (χ4n) is 3.04. The van der Waals surface area contributed by atoms with Gasteiger partial charge in [-0.2, -0.15) is 0 Å². The maximum absolute atomic E-state index is 12.5. The van der Waals surface area contributed by atoms with Gasteiger partial charge in [-0.05, 0) is 68.1 Å². The van der Waals surface area contributed by atoms with Crippen molar-refractivity contribution in [3.8, 4) is 17.1 Å². The molecule has 7 heteroatoms. The van der Waals surface area contributed by atoms with Crippen LogP contribution >= 0.6 is 11.8 Å². The van der Waals surface area contributed by atoms with Gasteiger partial charge in [0.15, 0.2) is 11.0 Å². The Morgan fingerprint density at radius 3 is 2.55 bits per heavy atom. The normalized spacial score (nSPS) is 11.0. The Hall–Kier alpha value is -2.80. The number of nitrogens with zero attached hydrogens (tertiary/aromatic N) is 3.